The Hall–Kier alpha value is -2.30. The summed E-state index contributed by atoms with van der Waals surface area (Å²) in [5.41, 5.74) is 6.05. The van der Waals surface area contributed by atoms with Crippen LogP contribution in [0.2, 0.25) is 0 Å². The summed E-state index contributed by atoms with van der Waals surface area (Å²) in [6.45, 7) is 0. The van der Waals surface area contributed by atoms with E-state index in [1.165, 1.54) is 12.5 Å². The summed E-state index contributed by atoms with van der Waals surface area (Å²) in [6.07, 6.45) is 2.86. The molecule has 82 valence electrons. The lowest BCUT2D eigenvalue weighted by Crippen LogP contribution is -1.97. The zero-order valence-electron chi connectivity index (χ0n) is 8.75. The lowest BCUT2D eigenvalue weighted by atomic mass is 10.3. The zero-order valence-corrected chi connectivity index (χ0v) is 8.75. The molecule has 0 atom stereocenters. The number of rotatable bonds is 3. The molecular weight excluding hydrogens is 206 g/mol. The molecule has 0 saturated carbocycles. The smallest absolute Gasteiger partial charge is 0.245 e. The van der Waals surface area contributed by atoms with E-state index in [-0.39, 0.29) is 0 Å². The molecule has 2 rings (SSSR count). The van der Waals surface area contributed by atoms with Crippen LogP contribution in [0.3, 0.4) is 0 Å². The van der Waals surface area contributed by atoms with Crippen molar-refractivity contribution < 1.29 is 9.47 Å². The van der Waals surface area contributed by atoms with E-state index in [2.05, 4.69) is 9.97 Å². The van der Waals surface area contributed by atoms with Gasteiger partial charge in [-0.15, -0.1) is 0 Å². The highest BCUT2D eigenvalue weighted by Crippen LogP contribution is 2.31. The quantitative estimate of drug-likeness (QED) is 0.849. The molecule has 0 aliphatic carbocycles. The van der Waals surface area contributed by atoms with Gasteiger partial charge in [-0.2, -0.15) is 4.98 Å². The molecule has 0 aliphatic rings. The first-order valence-electron chi connectivity index (χ1n) is 4.67. The molecule has 1 heterocycles. The van der Waals surface area contributed by atoms with Crippen LogP contribution in [0.15, 0.2) is 36.8 Å². The number of hydrogen-bond acceptors (Lipinski definition) is 5. The summed E-state index contributed by atoms with van der Waals surface area (Å²) < 4.78 is 10.7. The summed E-state index contributed by atoms with van der Waals surface area (Å²) in [6, 6.07) is 7.28. The van der Waals surface area contributed by atoms with Gasteiger partial charge in [-0.1, -0.05) is 12.1 Å². The number of nitrogens with zero attached hydrogens (tertiary/aromatic N) is 2. The second kappa shape index (κ2) is 4.48. The summed E-state index contributed by atoms with van der Waals surface area (Å²) in [7, 11) is 1.57. The van der Waals surface area contributed by atoms with Gasteiger partial charge < -0.3 is 15.2 Å². The summed E-state index contributed by atoms with van der Waals surface area (Å²) in [4.78, 5) is 7.72. The number of para-hydroxylation sites is 2. The van der Waals surface area contributed by atoms with Gasteiger partial charge in [-0.05, 0) is 12.1 Å². The normalized spacial score (nSPS) is 9.81. The van der Waals surface area contributed by atoms with Gasteiger partial charge in [0.25, 0.3) is 0 Å². The summed E-state index contributed by atoms with van der Waals surface area (Å²) >= 11 is 0. The maximum absolute atomic E-state index is 5.67. The van der Waals surface area contributed by atoms with Crippen LogP contribution in [0, 0.1) is 0 Å². The van der Waals surface area contributed by atoms with Crippen molar-refractivity contribution in [3.05, 3.63) is 36.8 Å². The van der Waals surface area contributed by atoms with Crippen molar-refractivity contribution in [2.24, 2.45) is 0 Å². The number of anilines is 1. The van der Waals surface area contributed by atoms with E-state index in [9.17, 15) is 0 Å². The number of aromatic nitrogens is 2. The Bertz CT molecular complexity index is 488. The fraction of sp³-hybridized carbons (Fsp3) is 0.0909. The SMILES string of the molecule is COc1ccccc1Oc1ncncc1N. The van der Waals surface area contributed by atoms with Crippen LogP contribution in [-0.4, -0.2) is 17.1 Å². The van der Waals surface area contributed by atoms with Crippen LogP contribution in [0.25, 0.3) is 0 Å². The van der Waals surface area contributed by atoms with Crippen molar-refractivity contribution in [1.29, 1.82) is 0 Å². The van der Waals surface area contributed by atoms with Gasteiger partial charge in [0.1, 0.15) is 12.0 Å². The van der Waals surface area contributed by atoms with E-state index in [1.807, 2.05) is 12.1 Å². The van der Waals surface area contributed by atoms with Crippen LogP contribution < -0.4 is 15.2 Å². The zero-order chi connectivity index (χ0) is 11.4. The molecule has 0 radical (unpaired) electrons. The third-order valence-electron chi connectivity index (χ3n) is 1.98. The van der Waals surface area contributed by atoms with Gasteiger partial charge >= 0.3 is 0 Å². The maximum atomic E-state index is 5.67. The Morgan fingerprint density at radius 2 is 1.94 bits per heavy atom. The molecule has 2 aromatic rings. The van der Waals surface area contributed by atoms with Crippen molar-refractivity contribution in [2.75, 3.05) is 12.8 Å². The van der Waals surface area contributed by atoms with Crippen LogP contribution in [0.4, 0.5) is 5.69 Å². The predicted molar refractivity (Wildman–Crippen MR) is 59.5 cm³/mol. The molecule has 0 aliphatic heterocycles. The van der Waals surface area contributed by atoms with E-state index >= 15 is 0 Å². The van der Waals surface area contributed by atoms with Crippen LogP contribution in [0.1, 0.15) is 0 Å². The van der Waals surface area contributed by atoms with E-state index in [0.29, 0.717) is 23.1 Å². The molecule has 16 heavy (non-hydrogen) atoms. The van der Waals surface area contributed by atoms with Gasteiger partial charge in [0.05, 0.1) is 13.3 Å². The highest BCUT2D eigenvalue weighted by atomic mass is 16.5. The lowest BCUT2D eigenvalue weighted by Gasteiger charge is -2.09. The molecule has 0 fully saturated rings. The highest BCUT2D eigenvalue weighted by molar-refractivity contribution is 5.49. The van der Waals surface area contributed by atoms with Crippen molar-refractivity contribution in [2.45, 2.75) is 0 Å². The largest absolute Gasteiger partial charge is 0.493 e. The Labute approximate surface area is 92.9 Å². The Balaban J connectivity index is 2.30. The van der Waals surface area contributed by atoms with Crippen molar-refractivity contribution in [3.63, 3.8) is 0 Å². The molecule has 0 amide bonds. The number of nitrogens with two attached hydrogens (primary N) is 1. The molecule has 1 aromatic carbocycles. The fourth-order valence-corrected chi connectivity index (χ4v) is 1.22. The minimum Gasteiger partial charge on any atom is -0.493 e. The summed E-state index contributed by atoms with van der Waals surface area (Å²) in [5.74, 6) is 1.51. The molecule has 5 nitrogen and oxygen atoms in total. The Morgan fingerprint density at radius 3 is 2.62 bits per heavy atom. The number of nitrogen functional groups attached to an aromatic ring is 1. The second-order valence-electron chi connectivity index (χ2n) is 3.04. The average Bonchev–Trinajstić information content (AvgIpc) is 2.33. The molecule has 0 spiro atoms. The molecular formula is C11H11N3O2. The van der Waals surface area contributed by atoms with Gasteiger partial charge in [0, 0.05) is 0 Å². The number of benzene rings is 1. The minimum atomic E-state index is 0.319. The highest BCUT2D eigenvalue weighted by Gasteiger charge is 2.07. The average molecular weight is 217 g/mol. The first-order chi connectivity index (χ1) is 7.81. The van der Waals surface area contributed by atoms with Gasteiger partial charge in [-0.3, -0.25) is 0 Å². The molecule has 0 unspecified atom stereocenters. The maximum Gasteiger partial charge on any atom is 0.245 e. The van der Waals surface area contributed by atoms with Crippen molar-refractivity contribution in [3.8, 4) is 17.4 Å². The monoisotopic (exact) mass is 217 g/mol. The first-order valence-corrected chi connectivity index (χ1v) is 4.67. The second-order valence-corrected chi connectivity index (χ2v) is 3.04. The molecule has 0 saturated heterocycles. The molecule has 0 bridgehead atoms. The number of methoxy groups -OCH3 is 1. The third-order valence-corrected chi connectivity index (χ3v) is 1.98. The van der Waals surface area contributed by atoms with E-state index in [0.717, 1.165) is 0 Å². The van der Waals surface area contributed by atoms with Crippen LogP contribution in [-0.2, 0) is 0 Å². The van der Waals surface area contributed by atoms with Crippen molar-refractivity contribution in [1.82, 2.24) is 9.97 Å². The van der Waals surface area contributed by atoms with E-state index < -0.39 is 0 Å². The van der Waals surface area contributed by atoms with Crippen molar-refractivity contribution >= 4 is 5.69 Å². The number of hydrogen-bond donors (Lipinski definition) is 1. The molecule has 5 heteroatoms. The standard InChI is InChI=1S/C11H11N3O2/c1-15-9-4-2-3-5-10(9)16-11-8(12)6-13-7-14-11/h2-7H,12H2,1H3. The lowest BCUT2D eigenvalue weighted by molar-refractivity contribution is 0.374. The van der Waals surface area contributed by atoms with E-state index in [4.69, 9.17) is 15.2 Å². The first kappa shape index (κ1) is 10.2. The summed E-state index contributed by atoms with van der Waals surface area (Å²) in [5, 5.41) is 0. The molecule has 1 aromatic heterocycles. The molecule has 2 N–H and O–H groups in total. The van der Waals surface area contributed by atoms with Crippen LogP contribution >= 0.6 is 0 Å². The Kier molecular flexibility index (Phi) is 2.86. The minimum absolute atomic E-state index is 0.319. The topological polar surface area (TPSA) is 70.3 Å². The fourth-order valence-electron chi connectivity index (χ4n) is 1.22. The van der Waals surface area contributed by atoms with Crippen LogP contribution in [0.5, 0.6) is 17.4 Å². The third kappa shape index (κ3) is 2.03. The Morgan fingerprint density at radius 1 is 1.19 bits per heavy atom. The van der Waals surface area contributed by atoms with E-state index in [1.54, 1.807) is 19.2 Å². The predicted octanol–water partition coefficient (Wildman–Crippen LogP) is 1.86. The number of ether oxygens (including phenoxy) is 2. The van der Waals surface area contributed by atoms with Gasteiger partial charge in [0.15, 0.2) is 11.5 Å². The van der Waals surface area contributed by atoms with Gasteiger partial charge in [-0.25, -0.2) is 4.98 Å². The van der Waals surface area contributed by atoms with Gasteiger partial charge in [0.2, 0.25) is 5.88 Å².